The van der Waals surface area contributed by atoms with E-state index in [1.807, 2.05) is 0 Å². The third-order valence-electron chi connectivity index (χ3n) is 3.68. The Bertz CT molecular complexity index is 553. The topological polar surface area (TPSA) is 86.3 Å². The lowest BCUT2D eigenvalue weighted by Gasteiger charge is -2.30. The molecule has 6 heteroatoms. The molecule has 0 radical (unpaired) electrons. The summed E-state index contributed by atoms with van der Waals surface area (Å²) in [5.41, 5.74) is 1.08. The molecule has 0 aromatic carbocycles. The predicted molar refractivity (Wildman–Crippen MR) is 74.5 cm³/mol. The summed E-state index contributed by atoms with van der Waals surface area (Å²) in [5.74, 6) is 0.574. The van der Waals surface area contributed by atoms with Crippen LogP contribution in [0.15, 0.2) is 4.79 Å². The van der Waals surface area contributed by atoms with Crippen molar-refractivity contribution in [1.82, 2.24) is 14.9 Å². The van der Waals surface area contributed by atoms with Gasteiger partial charge in [0.15, 0.2) is 0 Å². The van der Waals surface area contributed by atoms with Crippen molar-refractivity contribution in [2.75, 3.05) is 13.1 Å². The second kappa shape index (κ2) is 6.17. The largest absolute Gasteiger partial charge is 0.391 e. The molecule has 1 amide bonds. The maximum atomic E-state index is 12.1. The van der Waals surface area contributed by atoms with Crippen LogP contribution in [-0.4, -0.2) is 45.1 Å². The Labute approximate surface area is 117 Å². The number of H-pyrrole nitrogens is 1. The highest BCUT2D eigenvalue weighted by molar-refractivity contribution is 5.76. The summed E-state index contributed by atoms with van der Waals surface area (Å²) in [4.78, 5) is 32.5. The second-order valence-corrected chi connectivity index (χ2v) is 5.35. The number of aliphatic hydroxyl groups excluding tert-OH is 1. The number of rotatable bonds is 3. The molecule has 0 bridgehead atoms. The molecule has 2 N–H and O–H groups in total. The average molecular weight is 279 g/mol. The SMILES string of the molecule is Cc1nc(C)c(CCC(=O)N2CCCC(O)C2)c(=O)[nH]1. The molecular formula is C14H21N3O3. The van der Waals surface area contributed by atoms with Gasteiger partial charge in [0.1, 0.15) is 5.82 Å². The minimum atomic E-state index is -0.418. The van der Waals surface area contributed by atoms with E-state index in [1.54, 1.807) is 18.7 Å². The molecule has 2 rings (SSSR count). The molecule has 1 unspecified atom stereocenters. The molecule has 1 aliphatic rings. The van der Waals surface area contributed by atoms with Crippen LogP contribution in [-0.2, 0) is 11.2 Å². The highest BCUT2D eigenvalue weighted by Crippen LogP contribution is 2.12. The number of aryl methyl sites for hydroxylation is 2. The van der Waals surface area contributed by atoms with Crippen LogP contribution in [0.25, 0.3) is 0 Å². The summed E-state index contributed by atoms with van der Waals surface area (Å²) in [7, 11) is 0. The van der Waals surface area contributed by atoms with Crippen molar-refractivity contribution in [3.8, 4) is 0 Å². The number of hydrogen-bond acceptors (Lipinski definition) is 4. The van der Waals surface area contributed by atoms with Gasteiger partial charge in [0, 0.05) is 30.8 Å². The lowest BCUT2D eigenvalue weighted by Crippen LogP contribution is -2.42. The van der Waals surface area contributed by atoms with Gasteiger partial charge in [-0.1, -0.05) is 0 Å². The number of nitrogens with one attached hydrogen (secondary N) is 1. The van der Waals surface area contributed by atoms with Crippen molar-refractivity contribution < 1.29 is 9.90 Å². The van der Waals surface area contributed by atoms with Gasteiger partial charge >= 0.3 is 0 Å². The van der Waals surface area contributed by atoms with E-state index in [9.17, 15) is 14.7 Å². The van der Waals surface area contributed by atoms with Gasteiger partial charge in [-0.2, -0.15) is 0 Å². The summed E-state index contributed by atoms with van der Waals surface area (Å²) < 4.78 is 0. The molecule has 1 aromatic heterocycles. The number of carbonyl (C=O) groups excluding carboxylic acids is 1. The quantitative estimate of drug-likeness (QED) is 0.833. The minimum Gasteiger partial charge on any atom is -0.391 e. The summed E-state index contributed by atoms with van der Waals surface area (Å²) in [6.45, 7) is 4.61. The van der Waals surface area contributed by atoms with Gasteiger partial charge in [0.25, 0.3) is 5.56 Å². The Morgan fingerprint density at radius 2 is 2.25 bits per heavy atom. The molecule has 0 aliphatic carbocycles. The fourth-order valence-corrected chi connectivity index (χ4v) is 2.62. The maximum absolute atomic E-state index is 12.1. The van der Waals surface area contributed by atoms with E-state index in [1.165, 1.54) is 0 Å². The molecule has 0 spiro atoms. The monoisotopic (exact) mass is 279 g/mol. The Balaban J connectivity index is 1.98. The normalized spacial score (nSPS) is 19.1. The van der Waals surface area contributed by atoms with Crippen LogP contribution in [0.1, 0.15) is 36.3 Å². The molecule has 1 aliphatic heterocycles. The Kier molecular flexibility index (Phi) is 4.54. The fraction of sp³-hybridized carbons (Fsp3) is 0.643. The lowest BCUT2D eigenvalue weighted by atomic mass is 10.1. The number of hydrogen-bond donors (Lipinski definition) is 2. The van der Waals surface area contributed by atoms with Gasteiger partial charge in [-0.15, -0.1) is 0 Å². The highest BCUT2D eigenvalue weighted by atomic mass is 16.3. The Hall–Kier alpha value is -1.69. The Morgan fingerprint density at radius 1 is 1.50 bits per heavy atom. The van der Waals surface area contributed by atoms with E-state index >= 15 is 0 Å². The number of aliphatic hydroxyl groups is 1. The number of amides is 1. The predicted octanol–water partition coefficient (Wildman–Crippen LogP) is 0.303. The van der Waals surface area contributed by atoms with Crippen molar-refractivity contribution in [2.24, 2.45) is 0 Å². The first-order valence-corrected chi connectivity index (χ1v) is 6.99. The molecule has 0 saturated carbocycles. The van der Waals surface area contributed by atoms with Gasteiger partial charge in [0.05, 0.1) is 6.10 Å². The maximum Gasteiger partial charge on any atom is 0.254 e. The van der Waals surface area contributed by atoms with Gasteiger partial charge in [-0.3, -0.25) is 9.59 Å². The fourth-order valence-electron chi connectivity index (χ4n) is 2.62. The van der Waals surface area contributed by atoms with E-state index in [2.05, 4.69) is 9.97 Å². The van der Waals surface area contributed by atoms with E-state index in [4.69, 9.17) is 0 Å². The summed E-state index contributed by atoms with van der Waals surface area (Å²) in [6.07, 6.45) is 1.84. The first-order chi connectivity index (χ1) is 9.47. The van der Waals surface area contributed by atoms with Crippen molar-refractivity contribution in [2.45, 2.75) is 45.6 Å². The van der Waals surface area contributed by atoms with E-state index in [0.717, 1.165) is 12.8 Å². The molecule has 1 atom stereocenters. The summed E-state index contributed by atoms with van der Waals surface area (Å²) in [6, 6.07) is 0. The standard InChI is InChI=1S/C14H21N3O3/c1-9-12(14(20)16-10(2)15-9)5-6-13(19)17-7-3-4-11(18)8-17/h11,18H,3-8H2,1-2H3,(H,15,16,20). The minimum absolute atomic E-state index is 0.0110. The molecule has 6 nitrogen and oxygen atoms in total. The number of nitrogens with zero attached hydrogens (tertiary/aromatic N) is 2. The highest BCUT2D eigenvalue weighted by Gasteiger charge is 2.22. The van der Waals surface area contributed by atoms with Crippen LogP contribution in [0.2, 0.25) is 0 Å². The van der Waals surface area contributed by atoms with Crippen LogP contribution in [0.3, 0.4) is 0 Å². The Morgan fingerprint density at radius 3 is 2.90 bits per heavy atom. The average Bonchev–Trinajstić information content (AvgIpc) is 2.37. The van der Waals surface area contributed by atoms with E-state index in [0.29, 0.717) is 36.6 Å². The number of likely N-dealkylation sites (tertiary alicyclic amines) is 1. The molecule has 1 saturated heterocycles. The van der Waals surface area contributed by atoms with E-state index < -0.39 is 6.10 Å². The molecule has 20 heavy (non-hydrogen) atoms. The molecule has 2 heterocycles. The number of aromatic amines is 1. The van der Waals surface area contributed by atoms with Crippen molar-refractivity contribution >= 4 is 5.91 Å². The molecular weight excluding hydrogens is 258 g/mol. The smallest absolute Gasteiger partial charge is 0.254 e. The summed E-state index contributed by atoms with van der Waals surface area (Å²) in [5, 5.41) is 9.57. The van der Waals surface area contributed by atoms with Crippen LogP contribution >= 0.6 is 0 Å². The molecule has 110 valence electrons. The molecule has 1 aromatic rings. The number of piperidine rings is 1. The van der Waals surface area contributed by atoms with Crippen LogP contribution < -0.4 is 5.56 Å². The third-order valence-corrected chi connectivity index (χ3v) is 3.68. The number of β-amino-alcohol motifs (C(OH)–C–C–N with tert-alkyl or cyclic N) is 1. The van der Waals surface area contributed by atoms with Gasteiger partial charge in [-0.05, 0) is 33.1 Å². The van der Waals surface area contributed by atoms with Crippen molar-refractivity contribution in [3.63, 3.8) is 0 Å². The van der Waals surface area contributed by atoms with Gasteiger partial charge < -0.3 is 15.0 Å². The van der Waals surface area contributed by atoms with Gasteiger partial charge in [0.2, 0.25) is 5.91 Å². The van der Waals surface area contributed by atoms with Crippen LogP contribution in [0, 0.1) is 13.8 Å². The number of carbonyl (C=O) groups is 1. The third kappa shape index (κ3) is 3.45. The van der Waals surface area contributed by atoms with Gasteiger partial charge in [-0.25, -0.2) is 4.98 Å². The van der Waals surface area contributed by atoms with E-state index in [-0.39, 0.29) is 17.9 Å². The molecule has 1 fully saturated rings. The zero-order valence-corrected chi connectivity index (χ0v) is 12.0. The van der Waals surface area contributed by atoms with Crippen LogP contribution in [0.5, 0.6) is 0 Å². The lowest BCUT2D eigenvalue weighted by molar-refractivity contribution is -0.134. The zero-order valence-electron chi connectivity index (χ0n) is 12.0. The first-order valence-electron chi connectivity index (χ1n) is 6.99. The second-order valence-electron chi connectivity index (χ2n) is 5.35. The number of aromatic nitrogens is 2. The van der Waals surface area contributed by atoms with Crippen molar-refractivity contribution in [3.05, 3.63) is 27.4 Å². The van der Waals surface area contributed by atoms with Crippen LogP contribution in [0.4, 0.5) is 0 Å². The zero-order chi connectivity index (χ0) is 14.7. The van der Waals surface area contributed by atoms with Crippen molar-refractivity contribution in [1.29, 1.82) is 0 Å². The summed E-state index contributed by atoms with van der Waals surface area (Å²) >= 11 is 0. The first kappa shape index (κ1) is 14.7.